The van der Waals surface area contributed by atoms with Crippen LogP contribution < -0.4 is 11.1 Å². The van der Waals surface area contributed by atoms with E-state index in [0.717, 1.165) is 18.8 Å². The lowest BCUT2D eigenvalue weighted by Gasteiger charge is -2.19. The fraction of sp³-hybridized carbons (Fsp3) is 0.438. The van der Waals surface area contributed by atoms with Crippen molar-refractivity contribution in [2.24, 2.45) is 17.6 Å². The van der Waals surface area contributed by atoms with Crippen LogP contribution in [0.1, 0.15) is 19.4 Å². The quantitative estimate of drug-likeness (QED) is 0.814. The third-order valence-electron chi connectivity index (χ3n) is 3.63. The monoisotopic (exact) mass is 272 g/mol. The number of rotatable bonds is 7. The smallest absolute Gasteiger partial charge is 0.0726 e. The lowest BCUT2D eigenvalue weighted by molar-refractivity contribution is 0.413. The summed E-state index contributed by atoms with van der Waals surface area (Å²) in [5.41, 5.74) is 8.09. The minimum Gasteiger partial charge on any atom is -0.382 e. The van der Waals surface area contributed by atoms with Crippen molar-refractivity contribution in [1.82, 2.24) is 9.78 Å². The topological polar surface area (TPSA) is 55.9 Å². The van der Waals surface area contributed by atoms with Crippen molar-refractivity contribution >= 4 is 5.69 Å². The van der Waals surface area contributed by atoms with Gasteiger partial charge >= 0.3 is 0 Å². The van der Waals surface area contributed by atoms with Crippen LogP contribution in [0, 0.1) is 11.8 Å². The van der Waals surface area contributed by atoms with E-state index >= 15 is 0 Å². The highest BCUT2D eigenvalue weighted by Crippen LogP contribution is 2.12. The van der Waals surface area contributed by atoms with E-state index in [2.05, 4.69) is 36.4 Å². The van der Waals surface area contributed by atoms with Crippen LogP contribution in [0.2, 0.25) is 0 Å². The van der Waals surface area contributed by atoms with E-state index < -0.39 is 0 Å². The number of hydrogen-bond acceptors (Lipinski definition) is 3. The van der Waals surface area contributed by atoms with E-state index in [9.17, 15) is 0 Å². The van der Waals surface area contributed by atoms with Gasteiger partial charge in [-0.1, -0.05) is 44.2 Å². The summed E-state index contributed by atoms with van der Waals surface area (Å²) in [5.74, 6) is 1.08. The molecule has 108 valence electrons. The highest BCUT2D eigenvalue weighted by molar-refractivity contribution is 5.38. The van der Waals surface area contributed by atoms with Crippen molar-refractivity contribution in [3.8, 4) is 0 Å². The van der Waals surface area contributed by atoms with Gasteiger partial charge in [0.1, 0.15) is 0 Å². The second-order valence-electron chi connectivity index (χ2n) is 5.53. The van der Waals surface area contributed by atoms with E-state index in [0.29, 0.717) is 18.4 Å². The molecule has 4 heteroatoms. The van der Waals surface area contributed by atoms with Crippen LogP contribution in [0.4, 0.5) is 5.69 Å². The highest BCUT2D eigenvalue weighted by atomic mass is 15.3. The highest BCUT2D eigenvalue weighted by Gasteiger charge is 2.11. The summed E-state index contributed by atoms with van der Waals surface area (Å²) >= 11 is 0. The largest absolute Gasteiger partial charge is 0.382 e. The Balaban J connectivity index is 1.89. The minimum absolute atomic E-state index is 0.493. The molecule has 0 saturated heterocycles. The molecule has 0 spiro atoms. The normalized spacial score (nSPS) is 12.6. The summed E-state index contributed by atoms with van der Waals surface area (Å²) in [4.78, 5) is 0. The Morgan fingerprint density at radius 3 is 2.65 bits per heavy atom. The van der Waals surface area contributed by atoms with Crippen LogP contribution in [0.5, 0.6) is 0 Å². The molecule has 1 aromatic heterocycles. The van der Waals surface area contributed by atoms with Crippen molar-refractivity contribution in [2.75, 3.05) is 18.4 Å². The van der Waals surface area contributed by atoms with Crippen LogP contribution in [-0.4, -0.2) is 22.9 Å². The zero-order valence-corrected chi connectivity index (χ0v) is 12.3. The number of nitrogens with two attached hydrogens (primary N) is 1. The Morgan fingerprint density at radius 1 is 1.25 bits per heavy atom. The Labute approximate surface area is 121 Å². The third-order valence-corrected chi connectivity index (χ3v) is 3.63. The Bertz CT molecular complexity index is 504. The molecule has 0 aliphatic carbocycles. The number of benzene rings is 1. The first-order valence-electron chi connectivity index (χ1n) is 7.19. The zero-order chi connectivity index (χ0) is 14.4. The minimum atomic E-state index is 0.493. The summed E-state index contributed by atoms with van der Waals surface area (Å²) in [7, 11) is 0. The maximum absolute atomic E-state index is 5.78. The second-order valence-corrected chi connectivity index (χ2v) is 5.53. The van der Waals surface area contributed by atoms with Gasteiger partial charge in [-0.05, 0) is 23.9 Å². The van der Waals surface area contributed by atoms with Crippen molar-refractivity contribution in [1.29, 1.82) is 0 Å². The van der Waals surface area contributed by atoms with Crippen LogP contribution in [-0.2, 0) is 6.54 Å². The fourth-order valence-corrected chi connectivity index (χ4v) is 2.15. The molecule has 1 aromatic carbocycles. The molecule has 0 amide bonds. The van der Waals surface area contributed by atoms with Crippen molar-refractivity contribution in [3.05, 3.63) is 48.3 Å². The molecule has 0 bridgehead atoms. The summed E-state index contributed by atoms with van der Waals surface area (Å²) < 4.78 is 1.95. The number of aromatic nitrogens is 2. The summed E-state index contributed by atoms with van der Waals surface area (Å²) in [6.07, 6.45) is 3.91. The lowest BCUT2D eigenvalue weighted by atomic mass is 9.96. The standard InChI is InChI=1S/C16H24N4/c1-13(2)15(8-17)9-18-16-10-19-20(12-16)11-14-6-4-3-5-7-14/h3-7,10,12-13,15,18H,8-9,11,17H2,1-2H3. The predicted octanol–water partition coefficient (Wildman–Crippen LogP) is 2.57. The van der Waals surface area contributed by atoms with E-state index in [4.69, 9.17) is 5.73 Å². The molecule has 4 nitrogen and oxygen atoms in total. The van der Waals surface area contributed by atoms with Crippen molar-refractivity contribution < 1.29 is 0 Å². The van der Waals surface area contributed by atoms with E-state index in [-0.39, 0.29) is 0 Å². The van der Waals surface area contributed by atoms with Crippen molar-refractivity contribution in [2.45, 2.75) is 20.4 Å². The number of nitrogens with zero attached hydrogens (tertiary/aromatic N) is 2. The molecule has 3 N–H and O–H groups in total. The molecule has 0 fully saturated rings. The summed E-state index contributed by atoms with van der Waals surface area (Å²) in [6.45, 7) is 6.82. The Kier molecular flexibility index (Phi) is 5.18. The maximum atomic E-state index is 5.78. The maximum Gasteiger partial charge on any atom is 0.0726 e. The first-order valence-corrected chi connectivity index (χ1v) is 7.19. The number of hydrogen-bond donors (Lipinski definition) is 2. The van der Waals surface area contributed by atoms with Gasteiger partial charge in [0.05, 0.1) is 18.4 Å². The zero-order valence-electron chi connectivity index (χ0n) is 12.3. The molecule has 0 radical (unpaired) electrons. The molecule has 1 unspecified atom stereocenters. The van der Waals surface area contributed by atoms with E-state index in [1.54, 1.807) is 0 Å². The Morgan fingerprint density at radius 2 is 2.00 bits per heavy atom. The van der Waals surface area contributed by atoms with Crippen LogP contribution in [0.3, 0.4) is 0 Å². The van der Waals surface area contributed by atoms with Crippen LogP contribution in [0.25, 0.3) is 0 Å². The predicted molar refractivity (Wildman–Crippen MR) is 83.6 cm³/mol. The molecule has 20 heavy (non-hydrogen) atoms. The fourth-order valence-electron chi connectivity index (χ4n) is 2.15. The van der Waals surface area contributed by atoms with Gasteiger partial charge in [0.2, 0.25) is 0 Å². The van der Waals surface area contributed by atoms with Crippen molar-refractivity contribution in [3.63, 3.8) is 0 Å². The molecule has 0 aliphatic rings. The molecular weight excluding hydrogens is 248 g/mol. The second kappa shape index (κ2) is 7.10. The molecule has 2 aromatic rings. The molecule has 0 saturated carbocycles. The number of anilines is 1. The van der Waals surface area contributed by atoms with Gasteiger partial charge in [0, 0.05) is 12.7 Å². The lowest BCUT2D eigenvalue weighted by Crippen LogP contribution is -2.27. The molecular formula is C16H24N4. The molecule has 1 heterocycles. The van der Waals surface area contributed by atoms with Gasteiger partial charge in [-0.2, -0.15) is 5.10 Å². The average molecular weight is 272 g/mol. The summed E-state index contributed by atoms with van der Waals surface area (Å²) in [5, 5.41) is 7.80. The van der Waals surface area contributed by atoms with Crippen LogP contribution in [0.15, 0.2) is 42.7 Å². The van der Waals surface area contributed by atoms with E-state index in [1.807, 2.05) is 35.3 Å². The van der Waals surface area contributed by atoms with E-state index in [1.165, 1.54) is 5.56 Å². The molecule has 0 aliphatic heterocycles. The van der Waals surface area contributed by atoms with Gasteiger partial charge in [0.15, 0.2) is 0 Å². The van der Waals surface area contributed by atoms with Crippen LogP contribution >= 0.6 is 0 Å². The van der Waals surface area contributed by atoms with Gasteiger partial charge in [-0.3, -0.25) is 4.68 Å². The molecule has 1 atom stereocenters. The molecule has 2 rings (SSSR count). The average Bonchev–Trinajstić information content (AvgIpc) is 2.88. The third kappa shape index (κ3) is 4.10. The van der Waals surface area contributed by atoms with Gasteiger partial charge in [-0.15, -0.1) is 0 Å². The number of nitrogens with one attached hydrogen (secondary N) is 1. The van der Waals surface area contributed by atoms with Gasteiger partial charge in [0.25, 0.3) is 0 Å². The Hall–Kier alpha value is -1.81. The van der Waals surface area contributed by atoms with Gasteiger partial charge in [-0.25, -0.2) is 0 Å². The summed E-state index contributed by atoms with van der Waals surface area (Å²) in [6, 6.07) is 10.3. The van der Waals surface area contributed by atoms with Gasteiger partial charge < -0.3 is 11.1 Å². The SMILES string of the molecule is CC(C)C(CN)CNc1cnn(Cc2ccccc2)c1. The first kappa shape index (κ1) is 14.6. The first-order chi connectivity index (χ1) is 9.69.